The maximum absolute atomic E-state index is 12.8. The van der Waals surface area contributed by atoms with E-state index >= 15 is 0 Å². The van der Waals surface area contributed by atoms with Gasteiger partial charge in [0.05, 0.1) is 16.5 Å². The largest absolute Gasteiger partial charge is 0.329 e. The number of nitrogens with zero attached hydrogens (tertiary/aromatic N) is 2. The van der Waals surface area contributed by atoms with Gasteiger partial charge >= 0.3 is 5.00 Å². The zero-order chi connectivity index (χ0) is 16.4. The van der Waals surface area contributed by atoms with Crippen LogP contribution in [0, 0.1) is 10.1 Å². The third kappa shape index (κ3) is 3.87. The normalized spacial score (nSPS) is 17.2. The lowest BCUT2D eigenvalue weighted by Crippen LogP contribution is -2.48. The number of nitrogens with one attached hydrogen (secondary N) is 1. The molecule has 1 aromatic carbocycles. The van der Waals surface area contributed by atoms with Crippen molar-refractivity contribution in [1.82, 2.24) is 10.2 Å². The number of piperazine rings is 1. The summed E-state index contributed by atoms with van der Waals surface area (Å²) in [6.07, 6.45) is 0. The van der Waals surface area contributed by atoms with Gasteiger partial charge in [-0.1, -0.05) is 35.1 Å². The molecule has 3 rings (SSSR count). The summed E-state index contributed by atoms with van der Waals surface area (Å²) in [6.45, 7) is 1.85. The predicted molar refractivity (Wildman–Crippen MR) is 96.3 cm³/mol. The van der Waals surface area contributed by atoms with Crippen molar-refractivity contribution >= 4 is 46.3 Å². The number of rotatable bonds is 3. The number of carbonyl (C=O) groups is 1. The van der Waals surface area contributed by atoms with Crippen LogP contribution in [0.2, 0.25) is 5.02 Å². The van der Waals surface area contributed by atoms with E-state index in [0.717, 1.165) is 16.9 Å². The Kier molecular flexibility index (Phi) is 6.17. The maximum Gasteiger partial charge on any atom is 0.324 e. The molecule has 0 spiro atoms. The Balaban J connectivity index is 0.00000208. The summed E-state index contributed by atoms with van der Waals surface area (Å²) in [5, 5.41) is 16.2. The number of hydrogen-bond acceptors (Lipinski definition) is 5. The minimum Gasteiger partial charge on any atom is -0.329 e. The molecule has 1 saturated heterocycles. The van der Waals surface area contributed by atoms with Crippen LogP contribution in [-0.4, -0.2) is 35.4 Å². The van der Waals surface area contributed by atoms with Gasteiger partial charge in [0.25, 0.3) is 5.91 Å². The van der Waals surface area contributed by atoms with Crippen LogP contribution in [0.3, 0.4) is 0 Å². The zero-order valence-corrected chi connectivity index (χ0v) is 14.9. The van der Waals surface area contributed by atoms with Gasteiger partial charge in [-0.25, -0.2) is 0 Å². The molecule has 1 aliphatic rings. The molecule has 1 atom stereocenters. The molecule has 0 aliphatic carbocycles. The summed E-state index contributed by atoms with van der Waals surface area (Å²) in [5.74, 6) is -0.194. The Hall–Kier alpha value is -1.67. The van der Waals surface area contributed by atoms with Crippen LogP contribution in [0.4, 0.5) is 5.00 Å². The maximum atomic E-state index is 12.8. The van der Waals surface area contributed by atoms with Gasteiger partial charge in [-0.15, -0.1) is 12.4 Å². The molecule has 128 valence electrons. The van der Waals surface area contributed by atoms with Gasteiger partial charge in [-0.05, 0) is 17.7 Å². The van der Waals surface area contributed by atoms with Crippen LogP contribution in [0.5, 0.6) is 0 Å². The van der Waals surface area contributed by atoms with Crippen molar-refractivity contribution in [2.45, 2.75) is 6.04 Å². The van der Waals surface area contributed by atoms with Crippen LogP contribution in [0.1, 0.15) is 22.0 Å². The summed E-state index contributed by atoms with van der Waals surface area (Å²) in [4.78, 5) is 24.8. The Labute approximate surface area is 154 Å². The van der Waals surface area contributed by atoms with Gasteiger partial charge < -0.3 is 10.2 Å². The fraction of sp³-hybridized carbons (Fsp3) is 0.267. The fourth-order valence-electron chi connectivity index (χ4n) is 2.66. The number of benzene rings is 1. The quantitative estimate of drug-likeness (QED) is 0.645. The van der Waals surface area contributed by atoms with Crippen molar-refractivity contribution < 1.29 is 9.72 Å². The van der Waals surface area contributed by atoms with E-state index < -0.39 is 4.92 Å². The van der Waals surface area contributed by atoms with E-state index in [1.54, 1.807) is 11.0 Å². The average Bonchev–Trinajstić information content (AvgIpc) is 3.04. The van der Waals surface area contributed by atoms with Crippen LogP contribution in [-0.2, 0) is 0 Å². The fourth-order valence-corrected chi connectivity index (χ4v) is 3.55. The van der Waals surface area contributed by atoms with E-state index in [0.29, 0.717) is 30.2 Å². The molecule has 1 unspecified atom stereocenters. The number of hydrogen-bond donors (Lipinski definition) is 1. The number of thiophene rings is 1. The topological polar surface area (TPSA) is 75.5 Å². The second-order valence-electron chi connectivity index (χ2n) is 5.20. The van der Waals surface area contributed by atoms with E-state index in [4.69, 9.17) is 11.6 Å². The molecule has 24 heavy (non-hydrogen) atoms. The summed E-state index contributed by atoms with van der Waals surface area (Å²) < 4.78 is 0. The predicted octanol–water partition coefficient (Wildman–Crippen LogP) is 3.52. The first-order valence-corrected chi connectivity index (χ1v) is 8.32. The highest BCUT2D eigenvalue weighted by atomic mass is 35.5. The number of halogens is 2. The molecular weight excluding hydrogens is 373 g/mol. The summed E-state index contributed by atoms with van der Waals surface area (Å²) in [6, 6.07) is 8.61. The van der Waals surface area contributed by atoms with Gasteiger partial charge in [-0.3, -0.25) is 14.9 Å². The van der Waals surface area contributed by atoms with E-state index in [-0.39, 0.29) is 29.4 Å². The van der Waals surface area contributed by atoms with E-state index in [1.807, 2.05) is 18.2 Å². The summed E-state index contributed by atoms with van der Waals surface area (Å²) >= 11 is 7.02. The lowest BCUT2D eigenvalue weighted by molar-refractivity contribution is -0.380. The second-order valence-corrected chi connectivity index (χ2v) is 6.53. The lowest BCUT2D eigenvalue weighted by Gasteiger charge is -2.36. The molecule has 1 aliphatic heterocycles. The first-order valence-electron chi connectivity index (χ1n) is 7.06. The van der Waals surface area contributed by atoms with Crippen LogP contribution in [0.25, 0.3) is 0 Å². The first kappa shape index (κ1) is 18.7. The second kappa shape index (κ2) is 7.94. The SMILES string of the molecule is Cl.O=C(c1csc([N+](=O)[O-])c1)N1CCNCC1c1cccc(Cl)c1. The molecule has 0 saturated carbocycles. The van der Waals surface area contributed by atoms with Crippen LogP contribution in [0.15, 0.2) is 35.7 Å². The smallest absolute Gasteiger partial charge is 0.324 e. The Bertz CT molecular complexity index is 753. The number of amides is 1. The summed E-state index contributed by atoms with van der Waals surface area (Å²) in [7, 11) is 0. The minimum atomic E-state index is -0.479. The lowest BCUT2D eigenvalue weighted by atomic mass is 10.0. The molecule has 1 fully saturated rings. The highest BCUT2D eigenvalue weighted by molar-refractivity contribution is 7.13. The number of nitro groups is 1. The number of carbonyl (C=O) groups excluding carboxylic acids is 1. The molecule has 1 aromatic heterocycles. The van der Waals surface area contributed by atoms with Gasteiger partial charge in [0.2, 0.25) is 0 Å². The van der Waals surface area contributed by atoms with Gasteiger partial charge in [0, 0.05) is 36.1 Å². The third-order valence-electron chi connectivity index (χ3n) is 3.75. The third-order valence-corrected chi connectivity index (χ3v) is 4.87. The van der Waals surface area contributed by atoms with Crippen molar-refractivity contribution in [3.05, 3.63) is 62.0 Å². The van der Waals surface area contributed by atoms with Gasteiger partial charge in [0.15, 0.2) is 0 Å². The molecule has 2 aromatic rings. The molecule has 6 nitrogen and oxygen atoms in total. The van der Waals surface area contributed by atoms with E-state index in [2.05, 4.69) is 5.32 Å². The molecule has 1 amide bonds. The average molecular weight is 388 g/mol. The van der Waals surface area contributed by atoms with Crippen LogP contribution >= 0.6 is 35.3 Å². The van der Waals surface area contributed by atoms with Crippen molar-refractivity contribution in [1.29, 1.82) is 0 Å². The zero-order valence-electron chi connectivity index (χ0n) is 12.5. The van der Waals surface area contributed by atoms with Crippen LogP contribution < -0.4 is 5.32 Å². The molecule has 1 N–H and O–H groups in total. The Morgan fingerprint density at radius 3 is 2.88 bits per heavy atom. The Morgan fingerprint density at radius 1 is 1.42 bits per heavy atom. The molecule has 2 heterocycles. The molecule has 0 radical (unpaired) electrons. The molecule has 0 bridgehead atoms. The molecular formula is C15H15Cl2N3O3S. The van der Waals surface area contributed by atoms with Gasteiger partial charge in [0.1, 0.15) is 0 Å². The minimum absolute atomic E-state index is 0. The highest BCUT2D eigenvalue weighted by Gasteiger charge is 2.30. The van der Waals surface area contributed by atoms with Gasteiger partial charge in [-0.2, -0.15) is 0 Å². The van der Waals surface area contributed by atoms with Crippen molar-refractivity contribution in [3.63, 3.8) is 0 Å². The van der Waals surface area contributed by atoms with E-state index in [9.17, 15) is 14.9 Å². The first-order chi connectivity index (χ1) is 11.1. The van der Waals surface area contributed by atoms with E-state index in [1.165, 1.54) is 11.4 Å². The molecule has 9 heteroatoms. The standard InChI is InChI=1S/C15H14ClN3O3S.ClH/c16-12-3-1-2-10(6-12)13-8-17-4-5-18(13)15(20)11-7-14(19(21)22)23-9-11;/h1-3,6-7,9,13,17H,4-5,8H2;1H. The van der Waals surface area contributed by atoms with Crippen molar-refractivity contribution in [2.75, 3.05) is 19.6 Å². The summed E-state index contributed by atoms with van der Waals surface area (Å²) in [5.41, 5.74) is 1.30. The Morgan fingerprint density at radius 2 is 2.21 bits per heavy atom. The van der Waals surface area contributed by atoms with Crippen molar-refractivity contribution in [3.8, 4) is 0 Å². The van der Waals surface area contributed by atoms with Crippen molar-refractivity contribution in [2.24, 2.45) is 0 Å². The highest BCUT2D eigenvalue weighted by Crippen LogP contribution is 2.29. The monoisotopic (exact) mass is 387 g/mol.